The molecule has 1 aromatic carbocycles. The minimum absolute atomic E-state index is 0.108. The summed E-state index contributed by atoms with van der Waals surface area (Å²) in [5.74, 6) is -1.17. The Balaban J connectivity index is 2.37. The molecule has 0 radical (unpaired) electrons. The third-order valence-electron chi connectivity index (χ3n) is 3.64. The highest BCUT2D eigenvalue weighted by molar-refractivity contribution is 7.90. The summed E-state index contributed by atoms with van der Waals surface area (Å²) in [6.45, 7) is 1.72. The molecule has 1 fully saturated rings. The quantitative estimate of drug-likeness (QED) is 0.897. The van der Waals surface area contributed by atoms with E-state index in [4.69, 9.17) is 5.11 Å². The van der Waals surface area contributed by atoms with Crippen LogP contribution in [0.2, 0.25) is 0 Å². The standard InChI is InChI=1S/C14H20N2O4S/c1-12-7-5-6-10-15(12)21(19,20)16(11-14(17)18)13-8-3-2-4-9-13/h2-4,8-9,12H,5-7,10-11H2,1H3,(H,17,18). The summed E-state index contributed by atoms with van der Waals surface area (Å²) in [6, 6.07) is 8.25. The fourth-order valence-electron chi connectivity index (χ4n) is 2.56. The van der Waals surface area contributed by atoms with E-state index in [1.165, 1.54) is 4.31 Å². The van der Waals surface area contributed by atoms with Crippen LogP contribution < -0.4 is 4.31 Å². The fraction of sp³-hybridized carbons (Fsp3) is 0.500. The largest absolute Gasteiger partial charge is 0.480 e. The van der Waals surface area contributed by atoms with E-state index in [0.29, 0.717) is 12.2 Å². The maximum absolute atomic E-state index is 12.8. The van der Waals surface area contributed by atoms with E-state index in [1.807, 2.05) is 6.92 Å². The maximum Gasteiger partial charge on any atom is 0.324 e. The van der Waals surface area contributed by atoms with E-state index in [-0.39, 0.29) is 6.04 Å². The van der Waals surface area contributed by atoms with Crippen LogP contribution in [-0.2, 0) is 15.0 Å². The molecule has 6 nitrogen and oxygen atoms in total. The third kappa shape index (κ3) is 3.54. The molecule has 1 heterocycles. The fourth-order valence-corrected chi connectivity index (χ4v) is 4.40. The van der Waals surface area contributed by atoms with Crippen molar-refractivity contribution in [1.29, 1.82) is 0 Å². The summed E-state index contributed by atoms with van der Waals surface area (Å²) in [5.41, 5.74) is 0.373. The van der Waals surface area contributed by atoms with Crippen LogP contribution in [0.5, 0.6) is 0 Å². The number of aliphatic carboxylic acids is 1. The zero-order valence-electron chi connectivity index (χ0n) is 12.0. The van der Waals surface area contributed by atoms with Gasteiger partial charge in [-0.3, -0.25) is 4.79 Å². The lowest BCUT2D eigenvalue weighted by molar-refractivity contribution is -0.135. The van der Waals surface area contributed by atoms with Gasteiger partial charge in [0.05, 0.1) is 5.69 Å². The van der Waals surface area contributed by atoms with Gasteiger partial charge in [0.2, 0.25) is 0 Å². The van der Waals surface area contributed by atoms with Crippen LogP contribution in [-0.4, -0.2) is 42.9 Å². The van der Waals surface area contributed by atoms with Crippen molar-refractivity contribution in [3.05, 3.63) is 30.3 Å². The zero-order chi connectivity index (χ0) is 15.5. The molecule has 7 heteroatoms. The summed E-state index contributed by atoms with van der Waals surface area (Å²) < 4.78 is 28.0. The number of nitrogens with zero attached hydrogens (tertiary/aromatic N) is 2. The topological polar surface area (TPSA) is 77.9 Å². The molecule has 0 aliphatic carbocycles. The molecular weight excluding hydrogens is 292 g/mol. The summed E-state index contributed by atoms with van der Waals surface area (Å²) >= 11 is 0. The molecule has 2 rings (SSSR count). The van der Waals surface area contributed by atoms with Gasteiger partial charge in [-0.15, -0.1) is 0 Å². The molecule has 0 spiro atoms. The highest BCUT2D eigenvalue weighted by Crippen LogP contribution is 2.26. The normalized spacial score (nSPS) is 20.1. The van der Waals surface area contributed by atoms with Gasteiger partial charge in [0.1, 0.15) is 6.54 Å². The van der Waals surface area contributed by atoms with Gasteiger partial charge in [-0.25, -0.2) is 4.31 Å². The van der Waals surface area contributed by atoms with Crippen molar-refractivity contribution in [2.45, 2.75) is 32.2 Å². The van der Waals surface area contributed by atoms with E-state index < -0.39 is 22.7 Å². The lowest BCUT2D eigenvalue weighted by Gasteiger charge is -2.36. The van der Waals surface area contributed by atoms with Gasteiger partial charge >= 0.3 is 16.2 Å². The molecule has 1 aliphatic rings. The second-order valence-corrected chi connectivity index (χ2v) is 7.00. The number of carboxylic acid groups (broad SMARTS) is 1. The van der Waals surface area contributed by atoms with Crippen LogP contribution in [0.25, 0.3) is 0 Å². The van der Waals surface area contributed by atoms with Crippen molar-refractivity contribution in [3.63, 3.8) is 0 Å². The van der Waals surface area contributed by atoms with Crippen LogP contribution in [0.4, 0.5) is 5.69 Å². The molecule has 0 bridgehead atoms. The molecule has 1 atom stereocenters. The predicted molar refractivity (Wildman–Crippen MR) is 80.4 cm³/mol. The molecule has 1 unspecified atom stereocenters. The van der Waals surface area contributed by atoms with Gasteiger partial charge < -0.3 is 5.11 Å². The van der Waals surface area contributed by atoms with Crippen LogP contribution in [0.15, 0.2) is 30.3 Å². The first kappa shape index (κ1) is 15.8. The Bertz CT molecular complexity index is 588. The minimum Gasteiger partial charge on any atom is -0.480 e. The van der Waals surface area contributed by atoms with E-state index in [0.717, 1.165) is 23.6 Å². The second-order valence-electron chi connectivity index (χ2n) is 5.20. The predicted octanol–water partition coefficient (Wildman–Crippen LogP) is 1.70. The summed E-state index contributed by atoms with van der Waals surface area (Å²) in [5, 5.41) is 9.05. The molecule has 21 heavy (non-hydrogen) atoms. The van der Waals surface area contributed by atoms with E-state index in [2.05, 4.69) is 0 Å². The van der Waals surface area contributed by atoms with Gasteiger partial charge in [0, 0.05) is 12.6 Å². The number of carbonyl (C=O) groups is 1. The molecule has 116 valence electrons. The molecule has 0 saturated carbocycles. The average molecular weight is 312 g/mol. The number of benzene rings is 1. The molecule has 1 saturated heterocycles. The SMILES string of the molecule is CC1CCCCN1S(=O)(=O)N(CC(=O)O)c1ccccc1. The highest BCUT2D eigenvalue weighted by atomic mass is 32.2. The monoisotopic (exact) mass is 312 g/mol. The van der Waals surface area contributed by atoms with Crippen LogP contribution in [0.3, 0.4) is 0 Å². The Morgan fingerprint density at radius 2 is 2.00 bits per heavy atom. The smallest absolute Gasteiger partial charge is 0.324 e. The molecule has 1 N–H and O–H groups in total. The van der Waals surface area contributed by atoms with E-state index in [1.54, 1.807) is 30.3 Å². The van der Waals surface area contributed by atoms with Gasteiger partial charge in [-0.2, -0.15) is 12.7 Å². The number of carboxylic acids is 1. The van der Waals surface area contributed by atoms with Crippen molar-refractivity contribution >= 4 is 21.9 Å². The van der Waals surface area contributed by atoms with Gasteiger partial charge in [-0.05, 0) is 31.9 Å². The Kier molecular flexibility index (Phi) is 4.84. The van der Waals surface area contributed by atoms with Crippen molar-refractivity contribution in [2.75, 3.05) is 17.4 Å². The number of hydrogen-bond acceptors (Lipinski definition) is 3. The Morgan fingerprint density at radius 3 is 2.57 bits per heavy atom. The zero-order valence-corrected chi connectivity index (χ0v) is 12.8. The van der Waals surface area contributed by atoms with Crippen LogP contribution in [0, 0.1) is 0 Å². The van der Waals surface area contributed by atoms with Gasteiger partial charge in [-0.1, -0.05) is 24.6 Å². The van der Waals surface area contributed by atoms with E-state index in [9.17, 15) is 13.2 Å². The first-order valence-electron chi connectivity index (χ1n) is 6.99. The molecular formula is C14H20N2O4S. The number of para-hydroxylation sites is 1. The van der Waals surface area contributed by atoms with Crippen molar-refractivity contribution in [3.8, 4) is 0 Å². The Labute approximate surface area is 125 Å². The summed E-state index contributed by atoms with van der Waals surface area (Å²) in [7, 11) is -3.84. The number of anilines is 1. The second kappa shape index (κ2) is 6.44. The lowest BCUT2D eigenvalue weighted by Crippen LogP contribution is -2.51. The maximum atomic E-state index is 12.8. The van der Waals surface area contributed by atoms with Crippen molar-refractivity contribution in [1.82, 2.24) is 4.31 Å². The summed E-state index contributed by atoms with van der Waals surface area (Å²) in [4.78, 5) is 11.1. The first-order chi connectivity index (χ1) is 9.93. The van der Waals surface area contributed by atoms with E-state index >= 15 is 0 Å². The van der Waals surface area contributed by atoms with Crippen molar-refractivity contribution in [2.24, 2.45) is 0 Å². The first-order valence-corrected chi connectivity index (χ1v) is 8.39. The molecule has 0 amide bonds. The number of piperidine rings is 1. The Morgan fingerprint density at radius 1 is 1.33 bits per heavy atom. The van der Waals surface area contributed by atoms with Crippen LogP contribution in [0.1, 0.15) is 26.2 Å². The van der Waals surface area contributed by atoms with Crippen LogP contribution >= 0.6 is 0 Å². The lowest BCUT2D eigenvalue weighted by atomic mass is 10.1. The number of rotatable bonds is 5. The minimum atomic E-state index is -3.84. The summed E-state index contributed by atoms with van der Waals surface area (Å²) in [6.07, 6.45) is 2.60. The van der Waals surface area contributed by atoms with Gasteiger partial charge in [0.15, 0.2) is 0 Å². The number of hydrogen-bond donors (Lipinski definition) is 1. The molecule has 1 aliphatic heterocycles. The Hall–Kier alpha value is -1.60. The highest BCUT2D eigenvalue weighted by Gasteiger charge is 2.35. The van der Waals surface area contributed by atoms with Gasteiger partial charge in [0.25, 0.3) is 0 Å². The van der Waals surface area contributed by atoms with Crippen molar-refractivity contribution < 1.29 is 18.3 Å². The molecule has 0 aromatic heterocycles. The average Bonchev–Trinajstić information content (AvgIpc) is 2.45. The third-order valence-corrected chi connectivity index (χ3v) is 5.67. The molecule has 1 aromatic rings.